The van der Waals surface area contributed by atoms with E-state index in [0.717, 1.165) is 0 Å². The average Bonchev–Trinajstić information content (AvgIpc) is 2.20. The van der Waals surface area contributed by atoms with Crippen molar-refractivity contribution < 1.29 is 24.9 Å². The van der Waals surface area contributed by atoms with Gasteiger partial charge in [-0.3, -0.25) is 0 Å². The van der Waals surface area contributed by atoms with Crippen LogP contribution < -0.4 is 5.32 Å². The number of ether oxygens (including phenoxy) is 1. The van der Waals surface area contributed by atoms with Crippen molar-refractivity contribution in [2.24, 2.45) is 0 Å². The number of alkyl carbamates (subject to hydrolysis) is 1. The highest BCUT2D eigenvalue weighted by Crippen LogP contribution is 2.35. The number of phenolic OH excluding ortho intramolecular Hbond substituents is 3. The van der Waals surface area contributed by atoms with E-state index < -0.39 is 28.9 Å². The van der Waals surface area contributed by atoms with E-state index in [2.05, 4.69) is 5.32 Å². The Hall–Kier alpha value is -2.11. The zero-order chi connectivity index (χ0) is 13.9. The lowest BCUT2D eigenvalue weighted by molar-refractivity contribution is 0.0523. The van der Waals surface area contributed by atoms with Crippen LogP contribution in [0.4, 0.5) is 4.79 Å². The monoisotopic (exact) mass is 255 g/mol. The number of carbonyl (C=O) groups excluding carboxylic acids is 1. The molecule has 18 heavy (non-hydrogen) atoms. The first-order valence-corrected chi connectivity index (χ1v) is 5.40. The fourth-order valence-electron chi connectivity index (χ4n) is 1.25. The zero-order valence-corrected chi connectivity index (χ0v) is 10.5. The first kappa shape index (κ1) is 14.0. The molecule has 0 atom stereocenters. The van der Waals surface area contributed by atoms with Crippen molar-refractivity contribution in [1.82, 2.24) is 5.32 Å². The topological polar surface area (TPSA) is 99.0 Å². The first-order valence-electron chi connectivity index (χ1n) is 5.40. The third-order valence-electron chi connectivity index (χ3n) is 1.97. The molecule has 0 aliphatic heterocycles. The molecular formula is C12H17NO5. The predicted molar refractivity (Wildman–Crippen MR) is 64.5 cm³/mol. The van der Waals surface area contributed by atoms with Gasteiger partial charge in [-0.05, 0) is 38.5 Å². The number of benzene rings is 1. The van der Waals surface area contributed by atoms with Crippen molar-refractivity contribution >= 4 is 6.09 Å². The van der Waals surface area contributed by atoms with Gasteiger partial charge in [0.2, 0.25) is 0 Å². The van der Waals surface area contributed by atoms with Crippen molar-refractivity contribution in [3.63, 3.8) is 0 Å². The first-order chi connectivity index (χ1) is 8.19. The number of hydrogen-bond acceptors (Lipinski definition) is 5. The van der Waals surface area contributed by atoms with Gasteiger partial charge in [0.05, 0.1) is 0 Å². The fraction of sp³-hybridized carbons (Fsp3) is 0.417. The summed E-state index contributed by atoms with van der Waals surface area (Å²) in [5, 5.41) is 30.2. The Morgan fingerprint density at radius 2 is 1.72 bits per heavy atom. The van der Waals surface area contributed by atoms with Gasteiger partial charge in [-0.1, -0.05) is 0 Å². The van der Waals surface area contributed by atoms with Gasteiger partial charge in [0.15, 0.2) is 17.2 Å². The van der Waals surface area contributed by atoms with Gasteiger partial charge in [0.1, 0.15) is 5.60 Å². The van der Waals surface area contributed by atoms with Gasteiger partial charge in [-0.2, -0.15) is 0 Å². The van der Waals surface area contributed by atoms with E-state index in [0.29, 0.717) is 5.56 Å². The van der Waals surface area contributed by atoms with E-state index >= 15 is 0 Å². The molecule has 6 heteroatoms. The molecule has 0 saturated heterocycles. The van der Waals surface area contributed by atoms with E-state index in [1.807, 2.05) is 0 Å². The van der Waals surface area contributed by atoms with Crippen LogP contribution in [0.25, 0.3) is 0 Å². The minimum atomic E-state index is -0.602. The Morgan fingerprint density at radius 1 is 1.22 bits per heavy atom. The number of amides is 1. The third-order valence-corrected chi connectivity index (χ3v) is 1.97. The minimum absolute atomic E-state index is 0.0658. The summed E-state index contributed by atoms with van der Waals surface area (Å²) in [5.74, 6) is -1.48. The molecule has 100 valence electrons. The number of phenols is 3. The lowest BCUT2D eigenvalue weighted by Crippen LogP contribution is -2.32. The molecule has 0 heterocycles. The number of hydrogen-bond donors (Lipinski definition) is 4. The molecule has 1 amide bonds. The third kappa shape index (κ3) is 4.04. The summed E-state index contributed by atoms with van der Waals surface area (Å²) in [6, 6.07) is 2.48. The van der Waals surface area contributed by atoms with Crippen molar-refractivity contribution in [3.8, 4) is 17.2 Å². The normalized spacial score (nSPS) is 11.1. The van der Waals surface area contributed by atoms with Crippen molar-refractivity contribution in [2.75, 3.05) is 0 Å². The molecule has 0 unspecified atom stereocenters. The van der Waals surface area contributed by atoms with Crippen molar-refractivity contribution in [3.05, 3.63) is 17.7 Å². The standard InChI is InChI=1S/C12H17NO5/c1-12(2,3)18-11(17)13-6-7-4-8(14)10(16)9(15)5-7/h4-5,14-16H,6H2,1-3H3,(H,13,17). The highest BCUT2D eigenvalue weighted by Gasteiger charge is 2.16. The van der Waals surface area contributed by atoms with Crippen LogP contribution in [0.2, 0.25) is 0 Å². The van der Waals surface area contributed by atoms with Gasteiger partial charge in [0, 0.05) is 6.54 Å². The lowest BCUT2D eigenvalue weighted by Gasteiger charge is -2.19. The molecule has 0 saturated carbocycles. The summed E-state index contributed by atoms with van der Waals surface area (Å²) < 4.78 is 5.02. The van der Waals surface area contributed by atoms with E-state index in [1.165, 1.54) is 12.1 Å². The molecule has 1 aromatic rings. The minimum Gasteiger partial charge on any atom is -0.504 e. The molecular weight excluding hydrogens is 238 g/mol. The zero-order valence-electron chi connectivity index (χ0n) is 10.5. The largest absolute Gasteiger partial charge is 0.504 e. The van der Waals surface area contributed by atoms with Crippen LogP contribution in [-0.2, 0) is 11.3 Å². The number of nitrogens with one attached hydrogen (secondary N) is 1. The quantitative estimate of drug-likeness (QED) is 0.604. The summed E-state index contributed by atoms with van der Waals surface area (Å²) in [5.41, 5.74) is -0.155. The molecule has 1 rings (SSSR count). The van der Waals surface area contributed by atoms with Gasteiger partial charge in [0.25, 0.3) is 0 Å². The van der Waals surface area contributed by atoms with Gasteiger partial charge in [-0.15, -0.1) is 0 Å². The Kier molecular flexibility index (Phi) is 3.90. The van der Waals surface area contributed by atoms with Crippen LogP contribution in [0.1, 0.15) is 26.3 Å². The lowest BCUT2D eigenvalue weighted by atomic mass is 10.2. The summed E-state index contributed by atoms with van der Waals surface area (Å²) >= 11 is 0. The van der Waals surface area contributed by atoms with Crippen LogP contribution in [0, 0.1) is 0 Å². The summed E-state index contributed by atoms with van der Waals surface area (Å²) in [4.78, 5) is 11.4. The second kappa shape index (κ2) is 5.03. The van der Waals surface area contributed by atoms with Crippen molar-refractivity contribution in [2.45, 2.75) is 32.9 Å². The Bertz CT molecular complexity index is 427. The molecule has 6 nitrogen and oxygen atoms in total. The summed E-state index contributed by atoms with van der Waals surface area (Å²) in [6.45, 7) is 5.29. The smallest absolute Gasteiger partial charge is 0.407 e. The molecule has 0 aliphatic carbocycles. The molecule has 0 aromatic heterocycles. The van der Waals surface area contributed by atoms with Crippen molar-refractivity contribution in [1.29, 1.82) is 0 Å². The summed E-state index contributed by atoms with van der Waals surface area (Å²) in [7, 11) is 0. The maximum atomic E-state index is 11.4. The molecule has 0 aliphatic rings. The Morgan fingerprint density at radius 3 is 2.17 bits per heavy atom. The predicted octanol–water partition coefficient (Wildman–Crippen LogP) is 1.83. The van der Waals surface area contributed by atoms with Crippen LogP contribution in [0.5, 0.6) is 17.2 Å². The second-order valence-electron chi connectivity index (χ2n) is 4.84. The molecule has 4 N–H and O–H groups in total. The number of aromatic hydroxyl groups is 3. The Labute approximate surface area is 105 Å². The molecule has 0 bridgehead atoms. The van der Waals surface area contributed by atoms with Crippen LogP contribution in [-0.4, -0.2) is 27.0 Å². The van der Waals surface area contributed by atoms with Crippen LogP contribution >= 0.6 is 0 Å². The van der Waals surface area contributed by atoms with Gasteiger partial charge in [-0.25, -0.2) is 4.79 Å². The second-order valence-corrected chi connectivity index (χ2v) is 4.84. The van der Waals surface area contributed by atoms with Crippen LogP contribution in [0.3, 0.4) is 0 Å². The summed E-state index contributed by atoms with van der Waals surface area (Å²) in [6.07, 6.45) is -0.602. The van der Waals surface area contributed by atoms with Crippen LogP contribution in [0.15, 0.2) is 12.1 Å². The molecule has 1 aromatic carbocycles. The van der Waals surface area contributed by atoms with E-state index in [9.17, 15) is 15.0 Å². The molecule has 0 radical (unpaired) electrons. The Balaban J connectivity index is 2.62. The van der Waals surface area contributed by atoms with Gasteiger partial charge < -0.3 is 25.4 Å². The van der Waals surface area contributed by atoms with E-state index in [4.69, 9.17) is 9.84 Å². The number of carbonyl (C=O) groups is 1. The van der Waals surface area contributed by atoms with Gasteiger partial charge >= 0.3 is 6.09 Å². The maximum absolute atomic E-state index is 11.4. The van der Waals surface area contributed by atoms with E-state index in [-0.39, 0.29) is 6.54 Å². The maximum Gasteiger partial charge on any atom is 0.407 e. The highest BCUT2D eigenvalue weighted by atomic mass is 16.6. The number of rotatable bonds is 2. The highest BCUT2D eigenvalue weighted by molar-refractivity contribution is 5.67. The SMILES string of the molecule is CC(C)(C)OC(=O)NCc1cc(O)c(O)c(O)c1. The molecule has 0 spiro atoms. The average molecular weight is 255 g/mol. The molecule has 0 fully saturated rings. The van der Waals surface area contributed by atoms with E-state index in [1.54, 1.807) is 20.8 Å². The fourth-order valence-corrected chi connectivity index (χ4v) is 1.25.